The molecular weight excluding hydrogens is 318 g/mol. The highest BCUT2D eigenvalue weighted by Gasteiger charge is 2.32. The topological polar surface area (TPSA) is 75.9 Å². The van der Waals surface area contributed by atoms with E-state index >= 15 is 0 Å². The summed E-state index contributed by atoms with van der Waals surface area (Å²) in [6.07, 6.45) is -0.835. The molecule has 2 N–H and O–H groups in total. The van der Waals surface area contributed by atoms with Crippen LogP contribution < -0.4 is 15.4 Å². The fourth-order valence-electron chi connectivity index (χ4n) is 2.89. The summed E-state index contributed by atoms with van der Waals surface area (Å²) in [6.45, 7) is 1.02. The van der Waals surface area contributed by atoms with Gasteiger partial charge in [0.15, 0.2) is 6.10 Å². The molecule has 1 aliphatic rings. The smallest absolute Gasteiger partial charge is 0.260 e. The van der Waals surface area contributed by atoms with Gasteiger partial charge in [0.2, 0.25) is 5.91 Å². The van der Waals surface area contributed by atoms with Gasteiger partial charge < -0.3 is 15.4 Å². The molecule has 0 fully saturated rings. The highest BCUT2D eigenvalue weighted by Crippen LogP contribution is 2.33. The van der Waals surface area contributed by atoms with Crippen molar-refractivity contribution in [1.82, 2.24) is 4.90 Å². The number of carbonyl (C=O) groups excluding carboxylic acids is 2. The molecule has 0 aromatic heterocycles. The highest BCUT2D eigenvalue weighted by atomic mass is 16.5. The van der Waals surface area contributed by atoms with E-state index in [9.17, 15) is 9.59 Å². The number of amides is 2. The number of benzene rings is 2. The van der Waals surface area contributed by atoms with E-state index in [0.717, 1.165) is 5.56 Å². The van der Waals surface area contributed by atoms with Gasteiger partial charge in [0.05, 0.1) is 18.8 Å². The third-order valence-corrected chi connectivity index (χ3v) is 4.09. The van der Waals surface area contributed by atoms with Crippen LogP contribution in [0.5, 0.6) is 5.75 Å². The summed E-state index contributed by atoms with van der Waals surface area (Å²) in [5, 5.41) is 0. The molecule has 6 nitrogen and oxygen atoms in total. The lowest BCUT2D eigenvalue weighted by Gasteiger charge is -2.34. The Bertz CT molecular complexity index is 764. The lowest BCUT2D eigenvalue weighted by molar-refractivity contribution is -0.125. The van der Waals surface area contributed by atoms with Crippen molar-refractivity contribution in [2.45, 2.75) is 12.6 Å². The number of hydrogen-bond donors (Lipinski definition) is 1. The Morgan fingerprint density at radius 2 is 1.84 bits per heavy atom. The third kappa shape index (κ3) is 3.97. The Balaban J connectivity index is 1.73. The van der Waals surface area contributed by atoms with Crippen molar-refractivity contribution in [1.29, 1.82) is 0 Å². The van der Waals surface area contributed by atoms with E-state index in [1.54, 1.807) is 17.0 Å². The molecule has 0 spiro atoms. The van der Waals surface area contributed by atoms with E-state index in [4.69, 9.17) is 10.5 Å². The fourth-order valence-corrected chi connectivity index (χ4v) is 2.89. The first-order chi connectivity index (χ1) is 12.0. The molecule has 0 aliphatic carbocycles. The van der Waals surface area contributed by atoms with Crippen LogP contribution in [0.2, 0.25) is 0 Å². The summed E-state index contributed by atoms with van der Waals surface area (Å²) >= 11 is 0. The van der Waals surface area contributed by atoms with Gasteiger partial charge in [0, 0.05) is 6.54 Å². The lowest BCUT2D eigenvalue weighted by Crippen LogP contribution is -2.51. The largest absolute Gasteiger partial charge is 0.477 e. The molecule has 2 amide bonds. The Kier molecular flexibility index (Phi) is 5.00. The fraction of sp³-hybridized carbons (Fsp3) is 0.263. The summed E-state index contributed by atoms with van der Waals surface area (Å²) in [4.78, 5) is 27.9. The maximum absolute atomic E-state index is 12.8. The van der Waals surface area contributed by atoms with E-state index < -0.39 is 12.0 Å². The predicted octanol–water partition coefficient (Wildman–Crippen LogP) is 1.40. The van der Waals surface area contributed by atoms with Crippen molar-refractivity contribution in [3.05, 3.63) is 60.2 Å². The second kappa shape index (κ2) is 7.36. The molecule has 130 valence electrons. The molecule has 0 bridgehead atoms. The van der Waals surface area contributed by atoms with E-state index in [1.165, 1.54) is 0 Å². The second-order valence-electron chi connectivity index (χ2n) is 6.14. The molecular formula is C19H21N3O3. The average Bonchev–Trinajstić information content (AvgIpc) is 2.61. The molecule has 0 unspecified atom stereocenters. The number of para-hydroxylation sites is 2. The number of anilines is 1. The van der Waals surface area contributed by atoms with E-state index in [0.29, 0.717) is 18.0 Å². The van der Waals surface area contributed by atoms with Crippen molar-refractivity contribution < 1.29 is 14.3 Å². The minimum atomic E-state index is -0.835. The molecule has 1 heterocycles. The molecule has 6 heteroatoms. The summed E-state index contributed by atoms with van der Waals surface area (Å²) in [5.41, 5.74) is 7.18. The molecule has 1 atom stereocenters. The first-order valence-corrected chi connectivity index (χ1v) is 8.12. The predicted molar refractivity (Wildman–Crippen MR) is 95.2 cm³/mol. The summed E-state index contributed by atoms with van der Waals surface area (Å²) in [6, 6.07) is 17.1. The molecule has 3 rings (SSSR count). The number of hydrogen-bond acceptors (Lipinski definition) is 4. The van der Waals surface area contributed by atoms with Gasteiger partial charge in [0.1, 0.15) is 5.75 Å². The van der Waals surface area contributed by atoms with Gasteiger partial charge in [0.25, 0.3) is 5.91 Å². The quantitative estimate of drug-likeness (QED) is 0.893. The molecule has 25 heavy (non-hydrogen) atoms. The number of rotatable bonds is 5. The van der Waals surface area contributed by atoms with Gasteiger partial charge >= 0.3 is 0 Å². The van der Waals surface area contributed by atoms with Gasteiger partial charge in [-0.05, 0) is 24.7 Å². The standard InChI is InChI=1S/C19H21N3O3/c1-21(11-14-7-3-2-4-8-14)13-18(23)22-12-17(19(20)24)25-16-10-6-5-9-15(16)22/h2-10,17H,11-13H2,1H3,(H2,20,24)/t17-/m0/s1. The maximum Gasteiger partial charge on any atom is 0.260 e. The monoisotopic (exact) mass is 339 g/mol. The molecule has 0 saturated carbocycles. The van der Waals surface area contributed by atoms with Crippen LogP contribution in [0.15, 0.2) is 54.6 Å². The molecule has 1 aliphatic heterocycles. The van der Waals surface area contributed by atoms with E-state index in [1.807, 2.05) is 54.4 Å². The van der Waals surface area contributed by atoms with Crippen LogP contribution in [-0.2, 0) is 16.1 Å². The van der Waals surface area contributed by atoms with Gasteiger partial charge in [-0.25, -0.2) is 0 Å². The van der Waals surface area contributed by atoms with E-state index in [2.05, 4.69) is 0 Å². The number of nitrogens with zero attached hydrogens (tertiary/aromatic N) is 2. The Labute approximate surface area is 146 Å². The number of carbonyl (C=O) groups is 2. The third-order valence-electron chi connectivity index (χ3n) is 4.09. The minimum absolute atomic E-state index is 0.0968. The minimum Gasteiger partial charge on any atom is -0.477 e. The average molecular weight is 339 g/mol. The zero-order valence-corrected chi connectivity index (χ0v) is 14.1. The Morgan fingerprint density at radius 3 is 2.56 bits per heavy atom. The van der Waals surface area contributed by atoms with Gasteiger partial charge in [-0.2, -0.15) is 0 Å². The molecule has 2 aromatic rings. The number of ether oxygens (including phenoxy) is 1. The molecule has 0 saturated heterocycles. The highest BCUT2D eigenvalue weighted by molar-refractivity contribution is 5.98. The Morgan fingerprint density at radius 1 is 1.16 bits per heavy atom. The van der Waals surface area contributed by atoms with Crippen LogP contribution in [0.1, 0.15) is 5.56 Å². The first kappa shape index (κ1) is 17.0. The van der Waals surface area contributed by atoms with Gasteiger partial charge in [-0.1, -0.05) is 42.5 Å². The van der Waals surface area contributed by atoms with Crippen molar-refractivity contribution in [2.24, 2.45) is 5.73 Å². The van der Waals surface area contributed by atoms with Crippen molar-refractivity contribution in [3.63, 3.8) is 0 Å². The van der Waals surface area contributed by atoms with Crippen LogP contribution in [0.4, 0.5) is 5.69 Å². The van der Waals surface area contributed by atoms with Crippen LogP contribution in [-0.4, -0.2) is 43.0 Å². The summed E-state index contributed by atoms with van der Waals surface area (Å²) in [7, 11) is 1.89. The maximum atomic E-state index is 12.8. The van der Waals surface area contributed by atoms with Crippen LogP contribution >= 0.6 is 0 Å². The lowest BCUT2D eigenvalue weighted by atomic mass is 10.1. The van der Waals surface area contributed by atoms with Crippen molar-refractivity contribution in [2.75, 3.05) is 25.0 Å². The number of primary amides is 1. The Hall–Kier alpha value is -2.86. The zero-order chi connectivity index (χ0) is 17.8. The number of likely N-dealkylation sites (N-methyl/N-ethyl adjacent to an activating group) is 1. The SMILES string of the molecule is CN(CC(=O)N1C[C@@H](C(N)=O)Oc2ccccc21)Cc1ccccc1. The van der Waals surface area contributed by atoms with Gasteiger partial charge in [-0.15, -0.1) is 0 Å². The summed E-state index contributed by atoms with van der Waals surface area (Å²) < 4.78 is 5.59. The number of fused-ring (bicyclic) bond motifs is 1. The van der Waals surface area contributed by atoms with E-state index in [-0.39, 0.29) is 19.0 Å². The zero-order valence-electron chi connectivity index (χ0n) is 14.1. The van der Waals surface area contributed by atoms with Crippen molar-refractivity contribution in [3.8, 4) is 5.75 Å². The molecule has 0 radical (unpaired) electrons. The summed E-state index contributed by atoms with van der Waals surface area (Å²) in [5.74, 6) is -0.179. The first-order valence-electron chi connectivity index (χ1n) is 8.12. The van der Waals surface area contributed by atoms with Gasteiger partial charge in [-0.3, -0.25) is 14.5 Å². The number of nitrogens with two attached hydrogens (primary N) is 1. The second-order valence-corrected chi connectivity index (χ2v) is 6.14. The van der Waals surface area contributed by atoms with Crippen LogP contribution in [0.25, 0.3) is 0 Å². The normalized spacial score (nSPS) is 16.2. The molecule has 2 aromatic carbocycles. The van der Waals surface area contributed by atoms with Crippen LogP contribution in [0, 0.1) is 0 Å². The van der Waals surface area contributed by atoms with Crippen molar-refractivity contribution >= 4 is 17.5 Å². The van der Waals surface area contributed by atoms with Crippen LogP contribution in [0.3, 0.4) is 0 Å².